The molecular weight excluding hydrogens is 477 g/mol. The third-order valence-corrected chi connectivity index (χ3v) is 4.05. The SMILES string of the molecule is CCNC(=NCCc1nnc2ccccn12)NCCc1ccc(Cl)nc1.I. The summed E-state index contributed by atoms with van der Waals surface area (Å²) in [5, 5.41) is 15.5. The molecule has 9 heteroatoms. The van der Waals surface area contributed by atoms with E-state index in [1.54, 1.807) is 12.3 Å². The van der Waals surface area contributed by atoms with Crippen molar-refractivity contribution in [3.63, 3.8) is 0 Å². The van der Waals surface area contributed by atoms with E-state index >= 15 is 0 Å². The fraction of sp³-hybridized carbons (Fsp3) is 0.333. The summed E-state index contributed by atoms with van der Waals surface area (Å²) in [5.74, 6) is 1.70. The van der Waals surface area contributed by atoms with Gasteiger partial charge >= 0.3 is 0 Å². The predicted molar refractivity (Wildman–Crippen MR) is 119 cm³/mol. The summed E-state index contributed by atoms with van der Waals surface area (Å²) in [6, 6.07) is 9.66. The largest absolute Gasteiger partial charge is 0.357 e. The summed E-state index contributed by atoms with van der Waals surface area (Å²) >= 11 is 5.81. The number of aliphatic imine (C=N–C) groups is 1. The molecule has 0 spiro atoms. The molecule has 0 saturated heterocycles. The molecule has 0 fully saturated rings. The first kappa shape index (κ1) is 21.4. The van der Waals surface area contributed by atoms with E-state index < -0.39 is 0 Å². The van der Waals surface area contributed by atoms with Gasteiger partial charge in [0, 0.05) is 38.4 Å². The van der Waals surface area contributed by atoms with Gasteiger partial charge in [-0.2, -0.15) is 0 Å². The van der Waals surface area contributed by atoms with Gasteiger partial charge in [0.25, 0.3) is 0 Å². The van der Waals surface area contributed by atoms with Gasteiger partial charge in [0.15, 0.2) is 11.6 Å². The molecule has 3 heterocycles. The molecule has 144 valence electrons. The molecule has 3 aromatic rings. The predicted octanol–water partition coefficient (Wildman–Crippen LogP) is 2.74. The topological polar surface area (TPSA) is 79.5 Å². The van der Waals surface area contributed by atoms with Gasteiger partial charge in [-0.05, 0) is 37.1 Å². The maximum atomic E-state index is 5.81. The maximum absolute atomic E-state index is 5.81. The summed E-state index contributed by atoms with van der Waals surface area (Å²) < 4.78 is 1.99. The van der Waals surface area contributed by atoms with Crippen molar-refractivity contribution in [3.8, 4) is 0 Å². The highest BCUT2D eigenvalue weighted by Crippen LogP contribution is 2.05. The van der Waals surface area contributed by atoms with E-state index in [0.29, 0.717) is 11.7 Å². The van der Waals surface area contributed by atoms with E-state index in [1.807, 2.05) is 41.8 Å². The number of nitrogens with one attached hydrogen (secondary N) is 2. The lowest BCUT2D eigenvalue weighted by Crippen LogP contribution is -2.38. The normalized spacial score (nSPS) is 11.3. The first-order valence-corrected chi connectivity index (χ1v) is 9.05. The summed E-state index contributed by atoms with van der Waals surface area (Å²) in [6.45, 7) is 4.26. The molecule has 0 aliphatic heterocycles. The minimum absolute atomic E-state index is 0. The second kappa shape index (κ2) is 11.0. The van der Waals surface area contributed by atoms with Gasteiger partial charge in [0.2, 0.25) is 0 Å². The number of hydrogen-bond donors (Lipinski definition) is 2. The second-order valence-electron chi connectivity index (χ2n) is 5.72. The van der Waals surface area contributed by atoms with E-state index in [9.17, 15) is 0 Å². The van der Waals surface area contributed by atoms with Crippen LogP contribution in [-0.2, 0) is 12.8 Å². The first-order chi connectivity index (χ1) is 12.8. The summed E-state index contributed by atoms with van der Waals surface area (Å²) in [7, 11) is 0. The molecule has 3 aromatic heterocycles. The van der Waals surface area contributed by atoms with Crippen LogP contribution in [0.2, 0.25) is 5.15 Å². The van der Waals surface area contributed by atoms with Gasteiger partial charge in [0.05, 0.1) is 0 Å². The molecule has 27 heavy (non-hydrogen) atoms. The van der Waals surface area contributed by atoms with Crippen LogP contribution in [0.25, 0.3) is 5.65 Å². The van der Waals surface area contributed by atoms with Crippen LogP contribution in [0.1, 0.15) is 18.3 Å². The van der Waals surface area contributed by atoms with Gasteiger partial charge in [0.1, 0.15) is 11.0 Å². The average molecular weight is 500 g/mol. The molecule has 0 atom stereocenters. The minimum atomic E-state index is 0. The van der Waals surface area contributed by atoms with Crippen LogP contribution in [0.5, 0.6) is 0 Å². The maximum Gasteiger partial charge on any atom is 0.191 e. The van der Waals surface area contributed by atoms with Crippen LogP contribution in [0.15, 0.2) is 47.7 Å². The highest BCUT2D eigenvalue weighted by atomic mass is 127. The van der Waals surface area contributed by atoms with Crippen molar-refractivity contribution < 1.29 is 0 Å². The minimum Gasteiger partial charge on any atom is -0.357 e. The molecule has 0 aliphatic rings. The van der Waals surface area contributed by atoms with Gasteiger partial charge in [-0.3, -0.25) is 9.39 Å². The van der Waals surface area contributed by atoms with Crippen LogP contribution >= 0.6 is 35.6 Å². The number of halogens is 2. The fourth-order valence-electron chi connectivity index (χ4n) is 2.55. The van der Waals surface area contributed by atoms with Gasteiger partial charge < -0.3 is 10.6 Å². The highest BCUT2D eigenvalue weighted by Gasteiger charge is 2.04. The molecular formula is C18H23ClIN7. The molecule has 0 saturated carbocycles. The third kappa shape index (κ3) is 6.31. The summed E-state index contributed by atoms with van der Waals surface area (Å²) in [6.07, 6.45) is 5.34. The second-order valence-corrected chi connectivity index (χ2v) is 6.11. The fourth-order valence-corrected chi connectivity index (χ4v) is 2.66. The standard InChI is InChI=1S/C18H22ClN7.HI/c1-2-20-18(21-10-8-14-6-7-15(19)23-13-14)22-11-9-17-25-24-16-5-3-4-12-26(16)17;/h3-7,12-13H,2,8-11H2,1H3,(H2,20,21,22);1H. The van der Waals surface area contributed by atoms with Crippen molar-refractivity contribution in [2.75, 3.05) is 19.6 Å². The van der Waals surface area contributed by atoms with Gasteiger partial charge in [-0.25, -0.2) is 4.98 Å². The number of pyridine rings is 2. The van der Waals surface area contributed by atoms with Crippen LogP contribution in [-0.4, -0.2) is 45.2 Å². The third-order valence-electron chi connectivity index (χ3n) is 3.83. The van der Waals surface area contributed by atoms with Crippen molar-refractivity contribution in [3.05, 3.63) is 59.3 Å². The molecule has 0 radical (unpaired) electrons. The van der Waals surface area contributed by atoms with Crippen LogP contribution in [0, 0.1) is 0 Å². The zero-order valence-corrected chi connectivity index (χ0v) is 18.2. The molecule has 0 amide bonds. The number of hydrogen-bond acceptors (Lipinski definition) is 4. The lowest BCUT2D eigenvalue weighted by Gasteiger charge is -2.11. The van der Waals surface area contributed by atoms with Crippen molar-refractivity contribution in [1.29, 1.82) is 0 Å². The van der Waals surface area contributed by atoms with Gasteiger partial charge in [-0.1, -0.05) is 23.7 Å². The Kier molecular flexibility index (Phi) is 8.73. The van der Waals surface area contributed by atoms with E-state index in [4.69, 9.17) is 11.6 Å². The van der Waals surface area contributed by atoms with Crippen molar-refractivity contribution >= 4 is 47.2 Å². The zero-order valence-electron chi connectivity index (χ0n) is 15.1. The molecule has 0 unspecified atom stereocenters. The van der Waals surface area contributed by atoms with Crippen molar-refractivity contribution in [1.82, 2.24) is 30.2 Å². The molecule has 3 rings (SSSR count). The zero-order chi connectivity index (χ0) is 18.2. The van der Waals surface area contributed by atoms with Crippen molar-refractivity contribution in [2.24, 2.45) is 4.99 Å². The molecule has 0 aliphatic carbocycles. The van der Waals surface area contributed by atoms with Crippen molar-refractivity contribution in [2.45, 2.75) is 19.8 Å². The number of nitrogens with zero attached hydrogens (tertiary/aromatic N) is 5. The highest BCUT2D eigenvalue weighted by molar-refractivity contribution is 14.0. The number of aromatic nitrogens is 4. The van der Waals surface area contributed by atoms with Crippen LogP contribution in [0.3, 0.4) is 0 Å². The van der Waals surface area contributed by atoms with E-state index in [1.165, 1.54) is 0 Å². The summed E-state index contributed by atoms with van der Waals surface area (Å²) in [4.78, 5) is 8.71. The molecule has 0 aromatic carbocycles. The van der Waals surface area contributed by atoms with E-state index in [0.717, 1.165) is 48.9 Å². The van der Waals surface area contributed by atoms with Crippen LogP contribution < -0.4 is 10.6 Å². The Morgan fingerprint density at radius 3 is 2.81 bits per heavy atom. The Bertz CT molecular complexity index is 864. The van der Waals surface area contributed by atoms with E-state index in [2.05, 4.69) is 30.8 Å². The molecule has 0 bridgehead atoms. The first-order valence-electron chi connectivity index (χ1n) is 8.67. The van der Waals surface area contributed by atoms with E-state index in [-0.39, 0.29) is 24.0 Å². The summed E-state index contributed by atoms with van der Waals surface area (Å²) in [5.41, 5.74) is 1.99. The monoisotopic (exact) mass is 499 g/mol. The average Bonchev–Trinajstić information content (AvgIpc) is 3.07. The quantitative estimate of drug-likeness (QED) is 0.226. The number of rotatable bonds is 7. The van der Waals surface area contributed by atoms with Gasteiger partial charge in [-0.15, -0.1) is 34.2 Å². The lowest BCUT2D eigenvalue weighted by molar-refractivity contribution is 0.784. The Morgan fingerprint density at radius 1 is 1.15 bits per heavy atom. The van der Waals surface area contributed by atoms with Crippen LogP contribution in [0.4, 0.5) is 0 Å². The Morgan fingerprint density at radius 2 is 2.04 bits per heavy atom. The molecule has 7 nitrogen and oxygen atoms in total. The lowest BCUT2D eigenvalue weighted by atomic mass is 10.2. The number of fused-ring (bicyclic) bond motifs is 1. The Labute approximate surface area is 180 Å². The Hall–Kier alpha value is -1.94. The smallest absolute Gasteiger partial charge is 0.191 e. The molecule has 2 N–H and O–H groups in total. The Balaban J connectivity index is 0.00000261. The number of guanidine groups is 1.